The van der Waals surface area contributed by atoms with Gasteiger partial charge in [-0.3, -0.25) is 4.98 Å². The van der Waals surface area contributed by atoms with Crippen LogP contribution in [0, 0.1) is 13.8 Å². The van der Waals surface area contributed by atoms with Crippen molar-refractivity contribution >= 4 is 32.8 Å². The fraction of sp³-hybridized carbons (Fsp3) is 0.375. The van der Waals surface area contributed by atoms with Gasteiger partial charge in [-0.1, -0.05) is 36.7 Å². The number of aromatic nitrogens is 1. The van der Waals surface area contributed by atoms with Crippen molar-refractivity contribution in [3.63, 3.8) is 0 Å². The highest BCUT2D eigenvalue weighted by Gasteiger charge is 2.22. The summed E-state index contributed by atoms with van der Waals surface area (Å²) in [6.07, 6.45) is 0. The van der Waals surface area contributed by atoms with E-state index in [2.05, 4.69) is 15.9 Å². The molecule has 0 saturated heterocycles. The molecule has 1 aromatic carbocycles. The van der Waals surface area contributed by atoms with E-state index in [0.29, 0.717) is 5.56 Å². The first kappa shape index (κ1) is 15.0. The SMILES string of the molecule is Cc1cc(Br)c(C)c2c(C(=O)O)cc(C(C)(C)C)nc12. The molecule has 0 fully saturated rings. The molecular formula is C16H18BrNO2. The standard InChI is InChI=1S/C16H18BrNO2/c1-8-6-11(17)9(2)13-10(15(19)20)7-12(16(3,4)5)18-14(8)13/h6-7H,1-5H3,(H,19,20). The highest BCUT2D eigenvalue weighted by molar-refractivity contribution is 9.10. The van der Waals surface area contributed by atoms with Crippen molar-refractivity contribution in [2.45, 2.75) is 40.0 Å². The number of halogens is 1. The molecule has 0 amide bonds. The Morgan fingerprint density at radius 3 is 2.35 bits per heavy atom. The zero-order valence-corrected chi connectivity index (χ0v) is 13.9. The molecule has 0 aliphatic rings. The largest absolute Gasteiger partial charge is 0.478 e. The van der Waals surface area contributed by atoms with E-state index < -0.39 is 5.97 Å². The number of aromatic carboxylic acids is 1. The summed E-state index contributed by atoms with van der Waals surface area (Å²) in [7, 11) is 0. The molecule has 1 N–H and O–H groups in total. The predicted molar refractivity (Wildman–Crippen MR) is 84.6 cm³/mol. The van der Waals surface area contributed by atoms with Gasteiger partial charge in [-0.05, 0) is 37.1 Å². The normalized spacial score (nSPS) is 11.9. The van der Waals surface area contributed by atoms with E-state index in [-0.39, 0.29) is 5.41 Å². The Morgan fingerprint density at radius 2 is 1.85 bits per heavy atom. The van der Waals surface area contributed by atoms with Gasteiger partial charge in [0.1, 0.15) is 0 Å². The van der Waals surface area contributed by atoms with E-state index >= 15 is 0 Å². The molecule has 0 saturated carbocycles. The second-order valence-electron chi connectivity index (χ2n) is 6.13. The van der Waals surface area contributed by atoms with Crippen LogP contribution in [0.3, 0.4) is 0 Å². The fourth-order valence-electron chi connectivity index (χ4n) is 2.25. The van der Waals surface area contributed by atoms with Gasteiger partial charge >= 0.3 is 5.97 Å². The maximum Gasteiger partial charge on any atom is 0.336 e. The minimum absolute atomic E-state index is 0.189. The Kier molecular flexibility index (Phi) is 3.63. The van der Waals surface area contributed by atoms with Crippen LogP contribution < -0.4 is 0 Å². The summed E-state index contributed by atoms with van der Waals surface area (Å²) in [6.45, 7) is 9.98. The summed E-state index contributed by atoms with van der Waals surface area (Å²) in [5, 5.41) is 10.3. The molecule has 0 unspecified atom stereocenters. The molecule has 0 radical (unpaired) electrons. The summed E-state index contributed by atoms with van der Waals surface area (Å²) in [5.74, 6) is -0.913. The molecule has 0 bridgehead atoms. The lowest BCUT2D eigenvalue weighted by atomic mass is 9.89. The lowest BCUT2D eigenvalue weighted by molar-refractivity contribution is 0.0698. The van der Waals surface area contributed by atoms with Crippen molar-refractivity contribution in [2.24, 2.45) is 0 Å². The van der Waals surface area contributed by atoms with Crippen molar-refractivity contribution in [3.05, 3.63) is 39.0 Å². The molecule has 0 aliphatic heterocycles. The Hall–Kier alpha value is -1.42. The van der Waals surface area contributed by atoms with E-state index in [0.717, 1.165) is 32.2 Å². The number of carboxylic acid groups (broad SMARTS) is 1. The van der Waals surface area contributed by atoms with E-state index in [1.54, 1.807) is 6.07 Å². The summed E-state index contributed by atoms with van der Waals surface area (Å²) in [4.78, 5) is 16.3. The molecule has 2 aromatic rings. The Bertz CT molecular complexity index is 715. The average Bonchev–Trinajstić information content (AvgIpc) is 2.33. The summed E-state index contributed by atoms with van der Waals surface area (Å²) < 4.78 is 0.912. The number of carbonyl (C=O) groups is 1. The first-order chi connectivity index (χ1) is 9.12. The van der Waals surface area contributed by atoms with Crippen LogP contribution in [0.1, 0.15) is 48.0 Å². The van der Waals surface area contributed by atoms with Gasteiger partial charge in [0.15, 0.2) is 0 Å². The van der Waals surface area contributed by atoms with Crippen molar-refractivity contribution in [1.82, 2.24) is 4.98 Å². The Balaban J connectivity index is 3.01. The minimum Gasteiger partial charge on any atom is -0.478 e. The van der Waals surface area contributed by atoms with Gasteiger partial charge in [-0.15, -0.1) is 0 Å². The number of fused-ring (bicyclic) bond motifs is 1. The molecule has 106 valence electrons. The monoisotopic (exact) mass is 335 g/mol. The number of hydrogen-bond donors (Lipinski definition) is 1. The number of benzene rings is 1. The van der Waals surface area contributed by atoms with Crippen LogP contribution in [0.2, 0.25) is 0 Å². The van der Waals surface area contributed by atoms with Crippen LogP contribution in [0.15, 0.2) is 16.6 Å². The molecule has 20 heavy (non-hydrogen) atoms. The first-order valence-electron chi connectivity index (χ1n) is 6.47. The van der Waals surface area contributed by atoms with Gasteiger partial charge < -0.3 is 5.11 Å². The third-order valence-corrected chi connectivity index (χ3v) is 4.29. The number of carboxylic acids is 1. The van der Waals surface area contributed by atoms with Crippen LogP contribution in [-0.2, 0) is 5.41 Å². The van der Waals surface area contributed by atoms with Crippen LogP contribution in [0.4, 0.5) is 0 Å². The molecule has 2 rings (SSSR count). The van der Waals surface area contributed by atoms with Gasteiger partial charge in [0.25, 0.3) is 0 Å². The molecule has 3 nitrogen and oxygen atoms in total. The number of aryl methyl sites for hydroxylation is 2. The maximum atomic E-state index is 11.6. The number of hydrogen-bond acceptors (Lipinski definition) is 2. The van der Waals surface area contributed by atoms with Crippen molar-refractivity contribution < 1.29 is 9.90 Å². The van der Waals surface area contributed by atoms with Crippen LogP contribution in [-0.4, -0.2) is 16.1 Å². The van der Waals surface area contributed by atoms with Crippen LogP contribution >= 0.6 is 15.9 Å². The number of pyridine rings is 1. The molecule has 0 atom stereocenters. The molecule has 0 aliphatic carbocycles. The Labute approximate surface area is 127 Å². The third-order valence-electron chi connectivity index (χ3n) is 3.47. The molecular weight excluding hydrogens is 318 g/mol. The quantitative estimate of drug-likeness (QED) is 0.827. The van der Waals surface area contributed by atoms with Crippen LogP contribution in [0.25, 0.3) is 10.9 Å². The zero-order valence-electron chi connectivity index (χ0n) is 12.3. The lowest BCUT2D eigenvalue weighted by Crippen LogP contribution is -2.16. The van der Waals surface area contributed by atoms with Crippen molar-refractivity contribution in [1.29, 1.82) is 0 Å². The number of rotatable bonds is 1. The Morgan fingerprint density at radius 1 is 1.25 bits per heavy atom. The summed E-state index contributed by atoms with van der Waals surface area (Å²) in [5.41, 5.74) is 3.60. The first-order valence-corrected chi connectivity index (χ1v) is 7.26. The third kappa shape index (κ3) is 2.44. The topological polar surface area (TPSA) is 50.2 Å². The van der Waals surface area contributed by atoms with Gasteiger partial charge in [0.05, 0.1) is 11.1 Å². The van der Waals surface area contributed by atoms with Gasteiger partial charge in [0.2, 0.25) is 0 Å². The van der Waals surface area contributed by atoms with Gasteiger partial charge in [-0.25, -0.2) is 4.79 Å². The molecule has 0 spiro atoms. The van der Waals surface area contributed by atoms with Crippen molar-refractivity contribution in [2.75, 3.05) is 0 Å². The smallest absolute Gasteiger partial charge is 0.336 e. The molecule has 4 heteroatoms. The second kappa shape index (κ2) is 4.85. The molecule has 1 heterocycles. The average molecular weight is 336 g/mol. The summed E-state index contributed by atoms with van der Waals surface area (Å²) in [6, 6.07) is 3.69. The van der Waals surface area contributed by atoms with E-state index in [1.807, 2.05) is 40.7 Å². The lowest BCUT2D eigenvalue weighted by Gasteiger charge is -2.20. The highest BCUT2D eigenvalue weighted by Crippen LogP contribution is 2.33. The van der Waals surface area contributed by atoms with E-state index in [9.17, 15) is 9.90 Å². The minimum atomic E-state index is -0.913. The van der Waals surface area contributed by atoms with Crippen molar-refractivity contribution in [3.8, 4) is 0 Å². The predicted octanol–water partition coefficient (Wildman–Crippen LogP) is 4.61. The van der Waals surface area contributed by atoms with E-state index in [4.69, 9.17) is 4.98 Å². The van der Waals surface area contributed by atoms with E-state index in [1.165, 1.54) is 0 Å². The second-order valence-corrected chi connectivity index (χ2v) is 6.99. The van der Waals surface area contributed by atoms with Gasteiger partial charge in [-0.2, -0.15) is 0 Å². The zero-order chi connectivity index (χ0) is 15.2. The maximum absolute atomic E-state index is 11.6. The highest BCUT2D eigenvalue weighted by atomic mass is 79.9. The summed E-state index contributed by atoms with van der Waals surface area (Å²) >= 11 is 3.49. The fourth-order valence-corrected chi connectivity index (χ4v) is 2.79. The molecule has 1 aromatic heterocycles. The van der Waals surface area contributed by atoms with Crippen LogP contribution in [0.5, 0.6) is 0 Å². The number of nitrogens with zero attached hydrogens (tertiary/aromatic N) is 1. The van der Waals surface area contributed by atoms with Gasteiger partial charge in [0, 0.05) is 21.0 Å².